The van der Waals surface area contributed by atoms with Crippen molar-refractivity contribution in [3.63, 3.8) is 0 Å². The molecule has 3 aliphatic rings. The number of para-hydroxylation sites is 1. The van der Waals surface area contributed by atoms with Crippen molar-refractivity contribution in [1.82, 2.24) is 5.01 Å². The molecule has 2 aromatic rings. The maximum Gasteiger partial charge on any atom is 0.345 e. The topological polar surface area (TPSA) is 108 Å². The lowest BCUT2D eigenvalue weighted by Gasteiger charge is -2.28. The van der Waals surface area contributed by atoms with Gasteiger partial charge in [0.05, 0.1) is 30.6 Å². The zero-order valence-electron chi connectivity index (χ0n) is 23.6. The number of hydrogen-bond acceptors (Lipinski definition) is 6. The largest absolute Gasteiger partial charge is 0.465 e. The van der Waals surface area contributed by atoms with Gasteiger partial charge in [0, 0.05) is 23.1 Å². The van der Waals surface area contributed by atoms with Crippen LogP contribution in [-0.2, 0) is 14.3 Å². The van der Waals surface area contributed by atoms with Crippen molar-refractivity contribution >= 4 is 40.8 Å². The molecule has 0 saturated heterocycles. The Kier molecular flexibility index (Phi) is 9.11. The predicted molar refractivity (Wildman–Crippen MR) is 157 cm³/mol. The Bertz CT molecular complexity index is 1330. The Morgan fingerprint density at radius 2 is 1.61 bits per heavy atom. The maximum atomic E-state index is 14.1. The van der Waals surface area contributed by atoms with Gasteiger partial charge in [-0.05, 0) is 49.9 Å². The molecule has 2 fully saturated rings. The monoisotopic (exact) mass is 558 g/mol. The number of hydrazone groups is 1. The molecule has 1 aliphatic heterocycles. The van der Waals surface area contributed by atoms with Crippen LogP contribution in [-0.4, -0.2) is 54.6 Å². The number of benzene rings is 2. The fourth-order valence-corrected chi connectivity index (χ4v) is 6.22. The predicted octanol–water partition coefficient (Wildman–Crippen LogP) is 5.79. The summed E-state index contributed by atoms with van der Waals surface area (Å²) in [7, 11) is 1.29. The Labute approximate surface area is 240 Å². The van der Waals surface area contributed by atoms with Gasteiger partial charge in [0.25, 0.3) is 0 Å². The van der Waals surface area contributed by atoms with Crippen molar-refractivity contribution < 1.29 is 23.9 Å². The summed E-state index contributed by atoms with van der Waals surface area (Å²) >= 11 is 0. The van der Waals surface area contributed by atoms with Gasteiger partial charge in [-0.1, -0.05) is 62.8 Å². The molecule has 1 heterocycles. The zero-order valence-corrected chi connectivity index (χ0v) is 23.6. The molecule has 0 aromatic heterocycles. The molecule has 0 unspecified atom stereocenters. The van der Waals surface area contributed by atoms with E-state index in [0.717, 1.165) is 69.1 Å². The van der Waals surface area contributed by atoms with E-state index in [4.69, 9.17) is 9.84 Å². The lowest BCUT2D eigenvalue weighted by molar-refractivity contribution is -0.122. The van der Waals surface area contributed by atoms with Crippen molar-refractivity contribution in [2.24, 2.45) is 16.9 Å². The van der Waals surface area contributed by atoms with Gasteiger partial charge in [-0.25, -0.2) is 14.6 Å². The van der Waals surface area contributed by atoms with E-state index in [1.165, 1.54) is 29.5 Å². The number of amides is 3. The normalized spacial score (nSPS) is 18.3. The van der Waals surface area contributed by atoms with E-state index < -0.39 is 17.9 Å². The number of ether oxygens (including phenoxy) is 1. The third-order valence-corrected chi connectivity index (χ3v) is 8.38. The minimum absolute atomic E-state index is 0.0483. The Balaban J connectivity index is 1.44. The van der Waals surface area contributed by atoms with Gasteiger partial charge < -0.3 is 10.1 Å². The number of fused-ring (bicyclic) bond motifs is 1. The highest BCUT2D eigenvalue weighted by Gasteiger charge is 2.36. The first-order valence-electron chi connectivity index (χ1n) is 14.7. The molecule has 3 amide bonds. The highest BCUT2D eigenvalue weighted by Crippen LogP contribution is 2.35. The number of nitrogens with one attached hydrogen (secondary N) is 1. The van der Waals surface area contributed by atoms with E-state index >= 15 is 0 Å². The van der Waals surface area contributed by atoms with E-state index in [2.05, 4.69) is 5.32 Å². The van der Waals surface area contributed by atoms with Crippen LogP contribution in [0, 0.1) is 11.8 Å². The first-order valence-corrected chi connectivity index (χ1v) is 14.7. The fourth-order valence-electron chi connectivity index (χ4n) is 6.22. The Morgan fingerprint density at radius 1 is 0.902 bits per heavy atom. The molecule has 9 nitrogen and oxygen atoms in total. The van der Waals surface area contributed by atoms with Gasteiger partial charge in [0.2, 0.25) is 5.91 Å². The number of methoxy groups -OCH3 is 1. The summed E-state index contributed by atoms with van der Waals surface area (Å²) in [5.74, 6) is -0.810. The van der Waals surface area contributed by atoms with Crippen molar-refractivity contribution in [1.29, 1.82) is 0 Å². The van der Waals surface area contributed by atoms with Gasteiger partial charge in [-0.15, -0.1) is 0 Å². The zero-order chi connectivity index (χ0) is 28.8. The Hall–Kier alpha value is -4.01. The van der Waals surface area contributed by atoms with Crippen LogP contribution in [0.25, 0.3) is 0 Å². The van der Waals surface area contributed by atoms with Crippen LogP contribution in [0.3, 0.4) is 0 Å². The second-order valence-corrected chi connectivity index (χ2v) is 11.2. The highest BCUT2D eigenvalue weighted by molar-refractivity contribution is 6.13. The number of hydrogen-bond donors (Lipinski definition) is 1. The molecule has 0 bridgehead atoms. The number of urea groups is 1. The third-order valence-electron chi connectivity index (χ3n) is 8.38. The number of carbonyl (C=O) groups excluding carboxylic acids is 4. The highest BCUT2D eigenvalue weighted by atomic mass is 16.5. The molecular formula is C32H38N4O5. The molecule has 0 radical (unpaired) electrons. The van der Waals surface area contributed by atoms with Crippen LogP contribution >= 0.6 is 0 Å². The first-order chi connectivity index (χ1) is 19.9. The summed E-state index contributed by atoms with van der Waals surface area (Å²) < 4.78 is 4.78. The molecule has 2 aliphatic carbocycles. The molecule has 1 N–H and O–H groups in total. The van der Waals surface area contributed by atoms with Crippen LogP contribution in [0.2, 0.25) is 0 Å². The van der Waals surface area contributed by atoms with E-state index in [9.17, 15) is 19.2 Å². The van der Waals surface area contributed by atoms with E-state index in [1.807, 2.05) is 24.3 Å². The smallest absolute Gasteiger partial charge is 0.345 e. The fraction of sp³-hybridized carbons (Fsp3) is 0.469. The summed E-state index contributed by atoms with van der Waals surface area (Å²) in [6.45, 7) is -0.382. The van der Waals surface area contributed by atoms with E-state index in [0.29, 0.717) is 16.9 Å². The summed E-state index contributed by atoms with van der Waals surface area (Å²) in [6, 6.07) is 13.6. The lowest BCUT2D eigenvalue weighted by atomic mass is 9.82. The van der Waals surface area contributed by atoms with Crippen LogP contribution < -0.4 is 10.2 Å². The van der Waals surface area contributed by atoms with Crippen molar-refractivity contribution in [2.75, 3.05) is 30.4 Å². The van der Waals surface area contributed by atoms with Crippen LogP contribution in [0.1, 0.15) is 80.1 Å². The molecule has 216 valence electrons. The average Bonchev–Trinajstić information content (AvgIpc) is 3.12. The molecular weight excluding hydrogens is 520 g/mol. The molecule has 2 saturated carbocycles. The van der Waals surface area contributed by atoms with E-state index in [-0.39, 0.29) is 30.7 Å². The molecule has 9 heteroatoms. The van der Waals surface area contributed by atoms with Crippen molar-refractivity contribution in [3.8, 4) is 0 Å². The SMILES string of the molecule is COC(=O)c1cccc(NC(=O)CN2N=C(C3CCCCC3)c3ccccc3N(CC(=O)C3CCCCC3)C2=O)c1. The van der Waals surface area contributed by atoms with Gasteiger partial charge in [-0.3, -0.25) is 14.5 Å². The summed E-state index contributed by atoms with van der Waals surface area (Å²) in [5.41, 5.74) is 3.01. The number of esters is 1. The minimum atomic E-state index is -0.512. The maximum absolute atomic E-state index is 14.1. The van der Waals surface area contributed by atoms with Crippen LogP contribution in [0.5, 0.6) is 0 Å². The molecule has 5 rings (SSSR count). The number of nitrogens with zero attached hydrogens (tertiary/aromatic N) is 3. The second kappa shape index (κ2) is 13.1. The third kappa shape index (κ3) is 6.66. The number of carbonyl (C=O) groups is 4. The van der Waals surface area contributed by atoms with Gasteiger partial charge in [-0.2, -0.15) is 5.10 Å². The lowest BCUT2D eigenvalue weighted by Crippen LogP contribution is -2.46. The quantitative estimate of drug-likeness (QED) is 0.413. The molecule has 41 heavy (non-hydrogen) atoms. The minimum Gasteiger partial charge on any atom is -0.465 e. The summed E-state index contributed by atoms with van der Waals surface area (Å²) in [5, 5.41) is 8.83. The molecule has 0 spiro atoms. The summed E-state index contributed by atoms with van der Waals surface area (Å²) in [6.07, 6.45) is 10.2. The number of anilines is 2. The first kappa shape index (κ1) is 28.5. The Morgan fingerprint density at radius 3 is 2.34 bits per heavy atom. The second-order valence-electron chi connectivity index (χ2n) is 11.2. The van der Waals surface area contributed by atoms with Crippen LogP contribution in [0.15, 0.2) is 53.6 Å². The molecule has 0 atom stereocenters. The van der Waals surface area contributed by atoms with E-state index in [1.54, 1.807) is 18.2 Å². The summed E-state index contributed by atoms with van der Waals surface area (Å²) in [4.78, 5) is 54.2. The molecule has 2 aromatic carbocycles. The van der Waals surface area contributed by atoms with Crippen molar-refractivity contribution in [3.05, 3.63) is 59.7 Å². The van der Waals surface area contributed by atoms with Gasteiger partial charge >= 0.3 is 12.0 Å². The average molecular weight is 559 g/mol. The van der Waals surface area contributed by atoms with Crippen molar-refractivity contribution in [2.45, 2.75) is 64.2 Å². The number of ketones is 1. The number of rotatable bonds is 8. The standard InChI is InChI=1S/C32H38N4O5/c1-41-31(39)24-15-10-16-25(19-24)33-29(38)21-36-32(40)35(20-28(37)22-11-4-2-5-12-22)27-18-9-8-17-26(27)30(34-36)23-13-6-3-7-14-23/h8-10,15-19,22-23H,2-7,11-14,20-21H2,1H3,(H,33,38). The number of Topliss-reactive ketones (excluding diaryl/α,β-unsaturated/α-hetero) is 1. The van der Waals surface area contributed by atoms with Gasteiger partial charge in [0.15, 0.2) is 5.78 Å². The van der Waals surface area contributed by atoms with Crippen LogP contribution in [0.4, 0.5) is 16.2 Å². The van der Waals surface area contributed by atoms with Gasteiger partial charge in [0.1, 0.15) is 6.54 Å².